The van der Waals surface area contributed by atoms with Crippen LogP contribution >= 0.6 is 0 Å². The predicted molar refractivity (Wildman–Crippen MR) is 93.0 cm³/mol. The summed E-state index contributed by atoms with van der Waals surface area (Å²) in [6.07, 6.45) is 1.41. The van der Waals surface area contributed by atoms with Gasteiger partial charge in [0, 0.05) is 6.54 Å². The number of benzene rings is 1. The number of ether oxygens (including phenoxy) is 2. The molecule has 0 saturated carbocycles. The summed E-state index contributed by atoms with van der Waals surface area (Å²) in [5, 5.41) is 20.7. The van der Waals surface area contributed by atoms with E-state index in [1.807, 2.05) is 0 Å². The van der Waals surface area contributed by atoms with Gasteiger partial charge in [-0.15, -0.1) is 0 Å². The van der Waals surface area contributed by atoms with E-state index in [4.69, 9.17) is 14.0 Å². The Morgan fingerprint density at radius 1 is 1.29 bits per heavy atom. The van der Waals surface area contributed by atoms with Crippen LogP contribution in [-0.2, 0) is 13.1 Å². The van der Waals surface area contributed by atoms with Crippen LogP contribution in [0.5, 0.6) is 11.5 Å². The van der Waals surface area contributed by atoms with Crippen molar-refractivity contribution < 1.29 is 23.7 Å². The molecule has 0 aliphatic rings. The first-order chi connectivity index (χ1) is 13.5. The number of carbonyl (C=O) groups excluding carboxylic acids is 1. The van der Waals surface area contributed by atoms with Gasteiger partial charge in [-0.05, 0) is 22.6 Å². The second-order valence-electron chi connectivity index (χ2n) is 5.52. The van der Waals surface area contributed by atoms with Gasteiger partial charge in [0.25, 0.3) is 0 Å². The molecule has 0 atom stereocenters. The number of nitro groups is 1. The van der Waals surface area contributed by atoms with Crippen LogP contribution in [0.1, 0.15) is 22.1 Å². The molecule has 2 aromatic heterocycles. The zero-order valence-electron chi connectivity index (χ0n) is 15.0. The van der Waals surface area contributed by atoms with Crippen molar-refractivity contribution in [3.05, 3.63) is 57.9 Å². The van der Waals surface area contributed by atoms with E-state index in [1.54, 1.807) is 18.2 Å². The molecule has 12 heteroatoms. The fourth-order valence-corrected chi connectivity index (χ4v) is 2.34. The van der Waals surface area contributed by atoms with Crippen LogP contribution in [0, 0.1) is 10.1 Å². The summed E-state index contributed by atoms with van der Waals surface area (Å²) >= 11 is 0. The first-order valence-electron chi connectivity index (χ1n) is 7.99. The van der Waals surface area contributed by atoms with Gasteiger partial charge in [0.1, 0.15) is 6.54 Å². The van der Waals surface area contributed by atoms with Crippen molar-refractivity contribution >= 4 is 11.7 Å². The van der Waals surface area contributed by atoms with Gasteiger partial charge >= 0.3 is 17.6 Å². The van der Waals surface area contributed by atoms with E-state index < -0.39 is 10.8 Å². The molecule has 0 bridgehead atoms. The molecule has 0 aliphatic heterocycles. The minimum Gasteiger partial charge on any atom is -0.493 e. The third kappa shape index (κ3) is 4.23. The minimum atomic E-state index is -0.611. The summed E-state index contributed by atoms with van der Waals surface area (Å²) in [6, 6.07) is 6.50. The Hall–Kier alpha value is -3.96. The topological polar surface area (TPSA) is 147 Å². The maximum Gasteiger partial charge on any atom is 0.389 e. The average molecular weight is 388 g/mol. The Kier molecular flexibility index (Phi) is 5.48. The lowest BCUT2D eigenvalue weighted by Gasteiger charge is -2.09. The van der Waals surface area contributed by atoms with Crippen LogP contribution in [0.2, 0.25) is 0 Å². The summed E-state index contributed by atoms with van der Waals surface area (Å²) in [5.41, 5.74) is 0.787. The maximum absolute atomic E-state index is 12.2. The highest BCUT2D eigenvalue weighted by atomic mass is 16.6. The molecule has 1 amide bonds. The standard InChI is InChI=1S/C16H16N6O6/c1-26-11-4-3-10(7-12(11)27-2)8-17-15(23)16-18-13(20-28-16)9-21-6-5-14(19-21)22(24)25/h3-7H,8-9H2,1-2H3,(H,17,23). The molecule has 28 heavy (non-hydrogen) atoms. The molecular formula is C16H16N6O6. The molecular weight excluding hydrogens is 372 g/mol. The van der Waals surface area contributed by atoms with Gasteiger partial charge in [0.05, 0.1) is 31.6 Å². The number of carbonyl (C=O) groups is 1. The van der Waals surface area contributed by atoms with E-state index in [2.05, 4.69) is 20.6 Å². The van der Waals surface area contributed by atoms with E-state index in [0.29, 0.717) is 11.5 Å². The highest BCUT2D eigenvalue weighted by molar-refractivity contribution is 5.89. The largest absolute Gasteiger partial charge is 0.493 e. The van der Waals surface area contributed by atoms with Crippen LogP contribution < -0.4 is 14.8 Å². The van der Waals surface area contributed by atoms with Gasteiger partial charge in [0.15, 0.2) is 17.3 Å². The molecule has 2 heterocycles. The molecule has 3 rings (SSSR count). The summed E-state index contributed by atoms with van der Waals surface area (Å²) in [5.74, 6) is 0.211. The van der Waals surface area contributed by atoms with Gasteiger partial charge in [-0.3, -0.25) is 4.79 Å². The molecule has 0 aliphatic carbocycles. The number of amides is 1. The van der Waals surface area contributed by atoms with E-state index >= 15 is 0 Å². The van der Waals surface area contributed by atoms with E-state index in [9.17, 15) is 14.9 Å². The van der Waals surface area contributed by atoms with E-state index in [1.165, 1.54) is 31.2 Å². The number of aromatic nitrogens is 4. The van der Waals surface area contributed by atoms with Gasteiger partial charge < -0.3 is 29.4 Å². The quantitative estimate of drug-likeness (QED) is 0.443. The Morgan fingerprint density at radius 3 is 2.75 bits per heavy atom. The molecule has 1 N–H and O–H groups in total. The van der Waals surface area contributed by atoms with Gasteiger partial charge in [-0.25, -0.2) is 0 Å². The normalized spacial score (nSPS) is 10.5. The van der Waals surface area contributed by atoms with Crippen molar-refractivity contribution in [2.24, 2.45) is 0 Å². The summed E-state index contributed by atoms with van der Waals surface area (Å²) < 4.78 is 16.6. The van der Waals surface area contributed by atoms with Crippen molar-refractivity contribution in [2.75, 3.05) is 14.2 Å². The fourth-order valence-electron chi connectivity index (χ4n) is 2.34. The maximum atomic E-state index is 12.2. The van der Waals surface area contributed by atoms with Gasteiger partial charge in [-0.2, -0.15) is 9.67 Å². The van der Waals surface area contributed by atoms with Crippen LogP contribution in [0.3, 0.4) is 0 Å². The predicted octanol–water partition coefficient (Wildman–Crippen LogP) is 1.17. The van der Waals surface area contributed by atoms with Crippen molar-refractivity contribution in [3.8, 4) is 11.5 Å². The van der Waals surface area contributed by atoms with Crippen LogP contribution in [-0.4, -0.2) is 45.0 Å². The van der Waals surface area contributed by atoms with E-state index in [-0.39, 0.29) is 30.6 Å². The molecule has 0 saturated heterocycles. The molecule has 3 aromatic rings. The molecule has 0 fully saturated rings. The summed E-state index contributed by atoms with van der Waals surface area (Å²) in [4.78, 5) is 26.2. The van der Waals surface area contributed by atoms with Crippen molar-refractivity contribution in [1.82, 2.24) is 25.2 Å². The number of nitrogens with zero attached hydrogens (tertiary/aromatic N) is 5. The Balaban J connectivity index is 1.60. The number of methoxy groups -OCH3 is 2. The molecule has 0 unspecified atom stereocenters. The van der Waals surface area contributed by atoms with Crippen LogP contribution in [0.15, 0.2) is 35.0 Å². The monoisotopic (exact) mass is 388 g/mol. The molecule has 12 nitrogen and oxygen atoms in total. The lowest BCUT2D eigenvalue weighted by molar-refractivity contribution is -0.389. The van der Waals surface area contributed by atoms with Gasteiger partial charge in [-0.1, -0.05) is 11.2 Å². The number of hydrogen-bond donors (Lipinski definition) is 1. The Labute approximate surface area is 158 Å². The lowest BCUT2D eigenvalue weighted by atomic mass is 10.2. The average Bonchev–Trinajstić information content (AvgIpc) is 3.36. The molecule has 1 aromatic carbocycles. The minimum absolute atomic E-state index is 0.0281. The highest BCUT2D eigenvalue weighted by Gasteiger charge is 2.18. The summed E-state index contributed by atoms with van der Waals surface area (Å²) in [6.45, 7) is 0.239. The van der Waals surface area contributed by atoms with Crippen molar-refractivity contribution in [2.45, 2.75) is 13.1 Å². The number of nitrogens with one attached hydrogen (secondary N) is 1. The number of rotatable bonds is 8. The SMILES string of the molecule is COc1ccc(CNC(=O)c2nc(Cn3ccc([N+](=O)[O-])n3)no2)cc1OC. The zero-order chi connectivity index (χ0) is 20.1. The smallest absolute Gasteiger partial charge is 0.389 e. The molecule has 0 spiro atoms. The Bertz CT molecular complexity index is 997. The summed E-state index contributed by atoms with van der Waals surface area (Å²) in [7, 11) is 3.06. The van der Waals surface area contributed by atoms with Crippen LogP contribution in [0.25, 0.3) is 0 Å². The van der Waals surface area contributed by atoms with Crippen molar-refractivity contribution in [1.29, 1.82) is 0 Å². The molecule has 0 radical (unpaired) electrons. The van der Waals surface area contributed by atoms with Gasteiger partial charge in [0.2, 0.25) is 0 Å². The first kappa shape index (κ1) is 18.8. The van der Waals surface area contributed by atoms with E-state index in [0.717, 1.165) is 5.56 Å². The fraction of sp³-hybridized carbons (Fsp3) is 0.250. The van der Waals surface area contributed by atoms with Crippen molar-refractivity contribution in [3.63, 3.8) is 0 Å². The second-order valence-corrected chi connectivity index (χ2v) is 5.52. The number of hydrogen-bond acceptors (Lipinski definition) is 9. The Morgan fingerprint density at radius 2 is 2.07 bits per heavy atom. The highest BCUT2D eigenvalue weighted by Crippen LogP contribution is 2.27. The molecule has 146 valence electrons. The first-order valence-corrected chi connectivity index (χ1v) is 7.99. The lowest BCUT2D eigenvalue weighted by Crippen LogP contribution is -2.23. The zero-order valence-corrected chi connectivity index (χ0v) is 15.0. The third-order valence-electron chi connectivity index (χ3n) is 3.68. The second kappa shape index (κ2) is 8.16. The van der Waals surface area contributed by atoms with Crippen LogP contribution in [0.4, 0.5) is 5.82 Å². The third-order valence-corrected chi connectivity index (χ3v) is 3.68.